The van der Waals surface area contributed by atoms with E-state index in [1.54, 1.807) is 0 Å². The van der Waals surface area contributed by atoms with Gasteiger partial charge in [0.1, 0.15) is 11.6 Å². The molecule has 1 aliphatic carbocycles. The smallest absolute Gasteiger partial charge is 0.123 e. The quantitative estimate of drug-likeness (QED) is 0.644. The van der Waals surface area contributed by atoms with Crippen molar-refractivity contribution in [2.24, 2.45) is 11.1 Å². The van der Waals surface area contributed by atoms with Crippen molar-refractivity contribution >= 4 is 5.84 Å². The maximum Gasteiger partial charge on any atom is 0.123 e. The molecule has 1 aliphatic rings. The maximum atomic E-state index is 7.48. The monoisotopic (exact) mass is 260 g/mol. The summed E-state index contributed by atoms with van der Waals surface area (Å²) in [5.74, 6) is 1.01. The minimum Gasteiger partial charge on any atom is -0.490 e. The third-order valence-corrected chi connectivity index (χ3v) is 4.08. The van der Waals surface area contributed by atoms with Crippen LogP contribution in [-0.4, -0.2) is 11.9 Å². The highest BCUT2D eigenvalue weighted by atomic mass is 16.5. The first-order valence-corrected chi connectivity index (χ1v) is 6.99. The summed E-state index contributed by atoms with van der Waals surface area (Å²) in [6.45, 7) is 6.62. The first kappa shape index (κ1) is 13.9. The van der Waals surface area contributed by atoms with Crippen molar-refractivity contribution in [3.05, 3.63) is 29.3 Å². The second-order valence-corrected chi connectivity index (χ2v) is 6.37. The van der Waals surface area contributed by atoms with Crippen LogP contribution in [0.3, 0.4) is 0 Å². The Hall–Kier alpha value is -1.51. The number of amidine groups is 1. The molecule has 2 rings (SSSR count). The van der Waals surface area contributed by atoms with Crippen molar-refractivity contribution in [3.63, 3.8) is 0 Å². The van der Waals surface area contributed by atoms with Gasteiger partial charge < -0.3 is 10.5 Å². The topological polar surface area (TPSA) is 59.1 Å². The SMILES string of the molecule is Cc1cc(OC2CCC(C)(C)CC2)ccc1C(=N)N. The van der Waals surface area contributed by atoms with Crippen LogP contribution < -0.4 is 10.5 Å². The highest BCUT2D eigenvalue weighted by molar-refractivity contribution is 5.96. The van der Waals surface area contributed by atoms with Gasteiger partial charge in [-0.2, -0.15) is 0 Å². The van der Waals surface area contributed by atoms with Gasteiger partial charge in [-0.05, 0) is 61.8 Å². The molecule has 0 radical (unpaired) electrons. The molecule has 0 unspecified atom stereocenters. The van der Waals surface area contributed by atoms with E-state index in [4.69, 9.17) is 15.9 Å². The molecule has 0 spiro atoms. The van der Waals surface area contributed by atoms with Gasteiger partial charge in [-0.1, -0.05) is 13.8 Å². The molecule has 3 heteroatoms. The number of hydrogen-bond donors (Lipinski definition) is 2. The Morgan fingerprint density at radius 2 is 1.95 bits per heavy atom. The van der Waals surface area contributed by atoms with Gasteiger partial charge in [0.2, 0.25) is 0 Å². The van der Waals surface area contributed by atoms with Gasteiger partial charge in [0.25, 0.3) is 0 Å². The number of ether oxygens (including phenoxy) is 1. The van der Waals surface area contributed by atoms with Crippen molar-refractivity contribution < 1.29 is 4.74 Å². The van der Waals surface area contributed by atoms with E-state index >= 15 is 0 Å². The van der Waals surface area contributed by atoms with Crippen LogP contribution in [0.5, 0.6) is 5.75 Å². The summed E-state index contributed by atoms with van der Waals surface area (Å²) in [7, 11) is 0. The Labute approximate surface area is 115 Å². The van der Waals surface area contributed by atoms with Crippen molar-refractivity contribution in [1.82, 2.24) is 0 Å². The zero-order valence-corrected chi connectivity index (χ0v) is 12.1. The van der Waals surface area contributed by atoms with Gasteiger partial charge in [-0.25, -0.2) is 0 Å². The molecule has 19 heavy (non-hydrogen) atoms. The molecule has 104 valence electrons. The van der Waals surface area contributed by atoms with Gasteiger partial charge in [-0.3, -0.25) is 5.41 Å². The van der Waals surface area contributed by atoms with Crippen LogP contribution in [0.4, 0.5) is 0 Å². The maximum absolute atomic E-state index is 7.48. The summed E-state index contributed by atoms with van der Waals surface area (Å²) >= 11 is 0. The average molecular weight is 260 g/mol. The van der Waals surface area contributed by atoms with Gasteiger partial charge in [0, 0.05) is 5.56 Å². The number of benzene rings is 1. The third kappa shape index (κ3) is 3.49. The highest BCUT2D eigenvalue weighted by Crippen LogP contribution is 2.36. The van der Waals surface area contributed by atoms with E-state index in [1.165, 1.54) is 12.8 Å². The predicted octanol–water partition coefficient (Wildman–Crippen LogP) is 3.63. The second kappa shape index (κ2) is 5.24. The lowest BCUT2D eigenvalue weighted by Crippen LogP contribution is -2.28. The predicted molar refractivity (Wildman–Crippen MR) is 78.9 cm³/mol. The summed E-state index contributed by atoms with van der Waals surface area (Å²) in [6.07, 6.45) is 5.03. The van der Waals surface area contributed by atoms with E-state index in [0.717, 1.165) is 29.7 Å². The van der Waals surface area contributed by atoms with Crippen LogP contribution in [0, 0.1) is 17.7 Å². The summed E-state index contributed by atoms with van der Waals surface area (Å²) in [4.78, 5) is 0. The third-order valence-electron chi connectivity index (χ3n) is 4.08. The van der Waals surface area contributed by atoms with Crippen molar-refractivity contribution in [3.8, 4) is 5.75 Å². The number of rotatable bonds is 3. The van der Waals surface area contributed by atoms with Crippen LogP contribution in [0.1, 0.15) is 50.7 Å². The Kier molecular flexibility index (Phi) is 3.83. The summed E-state index contributed by atoms with van der Waals surface area (Å²) < 4.78 is 6.05. The molecule has 0 bridgehead atoms. The van der Waals surface area contributed by atoms with Crippen LogP contribution in [0.15, 0.2) is 18.2 Å². The lowest BCUT2D eigenvalue weighted by Gasteiger charge is -2.34. The molecule has 0 atom stereocenters. The fourth-order valence-electron chi connectivity index (χ4n) is 2.69. The zero-order chi connectivity index (χ0) is 14.0. The molecule has 3 N–H and O–H groups in total. The molecular weight excluding hydrogens is 236 g/mol. The highest BCUT2D eigenvalue weighted by Gasteiger charge is 2.27. The van der Waals surface area contributed by atoms with Crippen LogP contribution in [0.25, 0.3) is 0 Å². The first-order chi connectivity index (χ1) is 8.87. The number of hydrogen-bond acceptors (Lipinski definition) is 2. The summed E-state index contributed by atoms with van der Waals surface area (Å²) in [6, 6.07) is 5.78. The molecule has 1 aromatic rings. The molecule has 0 aliphatic heterocycles. The van der Waals surface area contributed by atoms with Crippen LogP contribution >= 0.6 is 0 Å². The normalized spacial score (nSPS) is 19.1. The lowest BCUT2D eigenvalue weighted by molar-refractivity contribution is 0.0987. The minimum atomic E-state index is 0.114. The number of nitrogens with one attached hydrogen (secondary N) is 1. The van der Waals surface area contributed by atoms with Gasteiger partial charge in [0.05, 0.1) is 6.10 Å². The fraction of sp³-hybridized carbons (Fsp3) is 0.562. The Bertz CT molecular complexity index is 470. The van der Waals surface area contributed by atoms with E-state index in [1.807, 2.05) is 25.1 Å². The lowest BCUT2D eigenvalue weighted by atomic mass is 9.76. The molecule has 1 aromatic carbocycles. The Balaban J connectivity index is 2.01. The van der Waals surface area contributed by atoms with E-state index in [-0.39, 0.29) is 5.84 Å². The van der Waals surface area contributed by atoms with Gasteiger partial charge in [0.15, 0.2) is 0 Å². The number of nitrogen functional groups attached to an aromatic ring is 1. The number of nitrogens with two attached hydrogens (primary N) is 1. The van der Waals surface area contributed by atoms with Crippen molar-refractivity contribution in [1.29, 1.82) is 5.41 Å². The van der Waals surface area contributed by atoms with E-state index in [9.17, 15) is 0 Å². The number of aryl methyl sites for hydroxylation is 1. The largest absolute Gasteiger partial charge is 0.490 e. The molecule has 1 fully saturated rings. The van der Waals surface area contributed by atoms with E-state index < -0.39 is 0 Å². The average Bonchev–Trinajstić information content (AvgIpc) is 2.31. The molecular formula is C16H24N2O. The molecule has 3 nitrogen and oxygen atoms in total. The molecule has 1 saturated carbocycles. The van der Waals surface area contributed by atoms with E-state index in [0.29, 0.717) is 11.5 Å². The standard InChI is InChI=1S/C16H24N2O/c1-11-10-13(4-5-14(11)15(17)18)19-12-6-8-16(2,3)9-7-12/h4-5,10,12H,6-9H2,1-3H3,(H3,17,18). The van der Waals surface area contributed by atoms with Crippen LogP contribution in [0.2, 0.25) is 0 Å². The fourth-order valence-corrected chi connectivity index (χ4v) is 2.69. The Morgan fingerprint density at radius 3 is 2.47 bits per heavy atom. The minimum absolute atomic E-state index is 0.114. The van der Waals surface area contributed by atoms with E-state index in [2.05, 4.69) is 13.8 Å². The van der Waals surface area contributed by atoms with Gasteiger partial charge in [-0.15, -0.1) is 0 Å². The molecule has 0 saturated heterocycles. The summed E-state index contributed by atoms with van der Waals surface area (Å²) in [5, 5.41) is 7.48. The van der Waals surface area contributed by atoms with Crippen LogP contribution in [-0.2, 0) is 0 Å². The first-order valence-electron chi connectivity index (χ1n) is 6.99. The summed E-state index contributed by atoms with van der Waals surface area (Å²) in [5.41, 5.74) is 7.78. The van der Waals surface area contributed by atoms with Gasteiger partial charge >= 0.3 is 0 Å². The molecule has 0 heterocycles. The zero-order valence-electron chi connectivity index (χ0n) is 12.1. The molecule has 0 amide bonds. The van der Waals surface area contributed by atoms with Crippen molar-refractivity contribution in [2.45, 2.75) is 52.6 Å². The second-order valence-electron chi connectivity index (χ2n) is 6.37. The Morgan fingerprint density at radius 1 is 1.32 bits per heavy atom. The molecule has 0 aromatic heterocycles. The van der Waals surface area contributed by atoms with Crippen molar-refractivity contribution in [2.75, 3.05) is 0 Å².